The Labute approximate surface area is 82.7 Å². The first-order valence-corrected chi connectivity index (χ1v) is 5.40. The molecule has 78 valence electrons. The number of nitrogens with one attached hydrogen (secondary N) is 1. The Hall–Kier alpha value is -0.0800. The van der Waals surface area contributed by atoms with E-state index in [0.717, 1.165) is 12.5 Å². The summed E-state index contributed by atoms with van der Waals surface area (Å²) in [4.78, 5) is 2.60. The zero-order chi connectivity index (χ0) is 9.90. The quantitative estimate of drug-likeness (QED) is 0.713. The van der Waals surface area contributed by atoms with E-state index in [-0.39, 0.29) is 0 Å². The summed E-state index contributed by atoms with van der Waals surface area (Å²) in [7, 11) is 2.04. The molecule has 1 atom stereocenters. The van der Waals surface area contributed by atoms with E-state index in [1.165, 1.54) is 26.1 Å². The van der Waals surface area contributed by atoms with Gasteiger partial charge in [0.1, 0.15) is 0 Å². The molecule has 13 heavy (non-hydrogen) atoms. The highest BCUT2D eigenvalue weighted by Crippen LogP contribution is 2.21. The lowest BCUT2D eigenvalue weighted by molar-refractivity contribution is 0.203. The van der Waals surface area contributed by atoms with Crippen LogP contribution in [0.3, 0.4) is 0 Å². The molecule has 0 aromatic heterocycles. The summed E-state index contributed by atoms with van der Waals surface area (Å²) in [6.45, 7) is 12.0. The Kier molecular flexibility index (Phi) is 3.74. The van der Waals surface area contributed by atoms with E-state index in [4.69, 9.17) is 0 Å². The Bertz CT molecular complexity index is 154. The normalized spacial score (nSPS) is 25.4. The third kappa shape index (κ3) is 3.65. The van der Waals surface area contributed by atoms with Crippen molar-refractivity contribution < 1.29 is 0 Å². The lowest BCUT2D eigenvalue weighted by atomic mass is 9.93. The predicted molar refractivity (Wildman–Crippen MR) is 57.9 cm³/mol. The van der Waals surface area contributed by atoms with Crippen molar-refractivity contribution in [3.05, 3.63) is 0 Å². The van der Waals surface area contributed by atoms with Crippen molar-refractivity contribution in [3.63, 3.8) is 0 Å². The molecule has 0 amide bonds. The van der Waals surface area contributed by atoms with Gasteiger partial charge >= 0.3 is 0 Å². The maximum Gasteiger partial charge on any atom is 0.00449 e. The topological polar surface area (TPSA) is 15.3 Å². The molecule has 1 N–H and O–H groups in total. The largest absolute Gasteiger partial charge is 0.319 e. The molecular formula is C11H24N2. The SMILES string of the molecule is CNCC(C)(C)CN1CCC(C)C1. The molecule has 0 spiro atoms. The molecule has 2 heteroatoms. The van der Waals surface area contributed by atoms with Crippen molar-refractivity contribution in [2.24, 2.45) is 11.3 Å². The van der Waals surface area contributed by atoms with Crippen molar-refractivity contribution in [3.8, 4) is 0 Å². The van der Waals surface area contributed by atoms with Crippen LogP contribution in [-0.4, -0.2) is 38.1 Å². The van der Waals surface area contributed by atoms with Gasteiger partial charge in [-0.2, -0.15) is 0 Å². The third-order valence-corrected chi connectivity index (χ3v) is 2.81. The average molecular weight is 184 g/mol. The summed E-state index contributed by atoms with van der Waals surface area (Å²) < 4.78 is 0. The zero-order valence-electron chi connectivity index (χ0n) is 9.56. The van der Waals surface area contributed by atoms with E-state index in [1.54, 1.807) is 0 Å². The van der Waals surface area contributed by atoms with E-state index in [1.807, 2.05) is 7.05 Å². The molecule has 0 radical (unpaired) electrons. The van der Waals surface area contributed by atoms with Crippen LogP contribution in [0.5, 0.6) is 0 Å². The van der Waals surface area contributed by atoms with Crippen molar-refractivity contribution in [1.82, 2.24) is 10.2 Å². The van der Waals surface area contributed by atoms with Crippen LogP contribution in [0.1, 0.15) is 27.2 Å². The van der Waals surface area contributed by atoms with E-state index < -0.39 is 0 Å². The van der Waals surface area contributed by atoms with Gasteiger partial charge in [-0.3, -0.25) is 0 Å². The van der Waals surface area contributed by atoms with E-state index in [0.29, 0.717) is 5.41 Å². The van der Waals surface area contributed by atoms with E-state index >= 15 is 0 Å². The number of hydrogen-bond acceptors (Lipinski definition) is 2. The smallest absolute Gasteiger partial charge is 0.00449 e. The standard InChI is InChI=1S/C11H24N2/c1-10-5-6-13(7-10)9-11(2,3)8-12-4/h10,12H,5-9H2,1-4H3. The molecule has 1 heterocycles. The van der Waals surface area contributed by atoms with Crippen LogP contribution in [0.25, 0.3) is 0 Å². The van der Waals surface area contributed by atoms with Crippen molar-refractivity contribution in [2.45, 2.75) is 27.2 Å². The molecule has 1 fully saturated rings. The molecule has 0 aromatic rings. The molecule has 2 nitrogen and oxygen atoms in total. The second-order valence-corrected chi connectivity index (χ2v) is 5.32. The minimum atomic E-state index is 0.415. The lowest BCUT2D eigenvalue weighted by Crippen LogP contribution is -2.38. The van der Waals surface area contributed by atoms with Gasteiger partial charge in [0.25, 0.3) is 0 Å². The molecule has 0 aromatic carbocycles. The number of nitrogens with zero attached hydrogens (tertiary/aromatic N) is 1. The van der Waals surface area contributed by atoms with Crippen LogP contribution >= 0.6 is 0 Å². The fourth-order valence-electron chi connectivity index (χ4n) is 2.31. The molecule has 1 unspecified atom stereocenters. The van der Waals surface area contributed by atoms with Crippen LogP contribution in [-0.2, 0) is 0 Å². The predicted octanol–water partition coefficient (Wildman–Crippen LogP) is 1.57. The minimum absolute atomic E-state index is 0.415. The molecule has 1 saturated heterocycles. The highest BCUT2D eigenvalue weighted by atomic mass is 15.2. The van der Waals surface area contributed by atoms with Crippen LogP contribution in [0, 0.1) is 11.3 Å². The van der Waals surface area contributed by atoms with Crippen molar-refractivity contribution in [2.75, 3.05) is 33.2 Å². The second-order valence-electron chi connectivity index (χ2n) is 5.32. The summed E-state index contributed by atoms with van der Waals surface area (Å²) in [6.07, 6.45) is 1.38. The third-order valence-electron chi connectivity index (χ3n) is 2.81. The van der Waals surface area contributed by atoms with Gasteiger partial charge in [-0.15, -0.1) is 0 Å². The van der Waals surface area contributed by atoms with E-state index in [2.05, 4.69) is 31.0 Å². The molecule has 1 aliphatic heterocycles. The maximum absolute atomic E-state index is 3.27. The van der Waals surface area contributed by atoms with Gasteiger partial charge in [-0.05, 0) is 31.3 Å². The molecule has 1 rings (SSSR count). The van der Waals surface area contributed by atoms with Crippen LogP contribution in [0.15, 0.2) is 0 Å². The second kappa shape index (κ2) is 4.43. The lowest BCUT2D eigenvalue weighted by Gasteiger charge is -2.29. The summed E-state index contributed by atoms with van der Waals surface area (Å²) in [6, 6.07) is 0. The van der Waals surface area contributed by atoms with Gasteiger partial charge in [-0.25, -0.2) is 0 Å². The van der Waals surface area contributed by atoms with Crippen LogP contribution in [0.4, 0.5) is 0 Å². The van der Waals surface area contributed by atoms with Gasteiger partial charge in [0.2, 0.25) is 0 Å². The Morgan fingerprint density at radius 2 is 2.15 bits per heavy atom. The monoisotopic (exact) mass is 184 g/mol. The Morgan fingerprint density at radius 3 is 2.62 bits per heavy atom. The number of likely N-dealkylation sites (tertiary alicyclic amines) is 1. The van der Waals surface area contributed by atoms with Gasteiger partial charge in [0.15, 0.2) is 0 Å². The fourth-order valence-corrected chi connectivity index (χ4v) is 2.31. The highest BCUT2D eigenvalue weighted by molar-refractivity contribution is 4.80. The maximum atomic E-state index is 3.27. The van der Waals surface area contributed by atoms with Crippen LogP contribution < -0.4 is 5.32 Å². The summed E-state index contributed by atoms with van der Waals surface area (Å²) in [5.41, 5.74) is 0.415. The average Bonchev–Trinajstić information content (AvgIpc) is 2.34. The highest BCUT2D eigenvalue weighted by Gasteiger charge is 2.25. The molecular weight excluding hydrogens is 160 g/mol. The number of hydrogen-bond donors (Lipinski definition) is 1. The Balaban J connectivity index is 2.30. The summed E-state index contributed by atoms with van der Waals surface area (Å²) >= 11 is 0. The van der Waals surface area contributed by atoms with Gasteiger partial charge < -0.3 is 10.2 Å². The minimum Gasteiger partial charge on any atom is -0.319 e. The Morgan fingerprint density at radius 1 is 1.46 bits per heavy atom. The zero-order valence-corrected chi connectivity index (χ0v) is 9.56. The summed E-state index contributed by atoms with van der Waals surface area (Å²) in [5.74, 6) is 0.908. The first kappa shape index (κ1) is 11.0. The summed E-state index contributed by atoms with van der Waals surface area (Å²) in [5, 5.41) is 3.27. The first-order valence-electron chi connectivity index (χ1n) is 5.40. The first-order chi connectivity index (χ1) is 6.03. The van der Waals surface area contributed by atoms with Crippen molar-refractivity contribution in [1.29, 1.82) is 0 Å². The molecule has 0 aliphatic carbocycles. The fraction of sp³-hybridized carbons (Fsp3) is 1.00. The molecule has 1 aliphatic rings. The molecule has 0 saturated carbocycles. The number of rotatable bonds is 4. The van der Waals surface area contributed by atoms with Crippen molar-refractivity contribution >= 4 is 0 Å². The van der Waals surface area contributed by atoms with Gasteiger partial charge in [0.05, 0.1) is 0 Å². The van der Waals surface area contributed by atoms with Crippen LogP contribution in [0.2, 0.25) is 0 Å². The van der Waals surface area contributed by atoms with Gasteiger partial charge in [-0.1, -0.05) is 20.8 Å². The molecule has 0 bridgehead atoms. The van der Waals surface area contributed by atoms with E-state index in [9.17, 15) is 0 Å². The van der Waals surface area contributed by atoms with Gasteiger partial charge in [0, 0.05) is 19.6 Å².